The van der Waals surface area contributed by atoms with Crippen LogP contribution in [0, 0.1) is 5.41 Å². The molecule has 0 bridgehead atoms. The van der Waals surface area contributed by atoms with E-state index >= 15 is 0 Å². The highest BCUT2D eigenvalue weighted by molar-refractivity contribution is 5.86. The lowest BCUT2D eigenvalue weighted by atomic mass is 9.77. The molecule has 0 N–H and O–H groups in total. The van der Waals surface area contributed by atoms with Gasteiger partial charge in [0.25, 0.3) is 0 Å². The zero-order chi connectivity index (χ0) is 20.1. The maximum atomic E-state index is 13.2. The maximum Gasteiger partial charge on any atom is 0.230 e. The number of nitrogens with zero attached hydrogens (tertiary/aromatic N) is 2. The molecule has 1 heterocycles. The summed E-state index contributed by atoms with van der Waals surface area (Å²) in [5.74, 6) is 0.273. The minimum Gasteiger partial charge on any atom is -0.348 e. The molecule has 1 fully saturated rings. The van der Waals surface area contributed by atoms with Gasteiger partial charge in [-0.2, -0.15) is 0 Å². The first-order valence-corrected chi connectivity index (χ1v) is 10.1. The van der Waals surface area contributed by atoms with E-state index in [4.69, 9.17) is 0 Å². The first-order chi connectivity index (χ1) is 13.5. The Morgan fingerprint density at radius 2 is 1.71 bits per heavy atom. The topological polar surface area (TPSA) is 40.6 Å². The monoisotopic (exact) mass is 378 g/mol. The summed E-state index contributed by atoms with van der Waals surface area (Å²) < 4.78 is 0. The van der Waals surface area contributed by atoms with Crippen molar-refractivity contribution in [1.29, 1.82) is 0 Å². The lowest BCUT2D eigenvalue weighted by molar-refractivity contribution is -0.139. The molecule has 3 rings (SSSR count). The molecule has 1 aliphatic rings. The third kappa shape index (κ3) is 4.11. The van der Waals surface area contributed by atoms with Crippen LogP contribution in [0.4, 0.5) is 0 Å². The summed E-state index contributed by atoms with van der Waals surface area (Å²) in [7, 11) is 3.62. The quantitative estimate of drug-likeness (QED) is 0.762. The Morgan fingerprint density at radius 3 is 2.39 bits per heavy atom. The number of rotatable bonds is 6. The molecule has 0 aromatic heterocycles. The normalized spacial score (nSPS) is 18.9. The highest BCUT2D eigenvalue weighted by Crippen LogP contribution is 2.38. The molecular weight excluding hydrogens is 348 g/mol. The van der Waals surface area contributed by atoms with E-state index < -0.39 is 5.41 Å². The second-order valence-electron chi connectivity index (χ2n) is 8.00. The Hall–Kier alpha value is -2.62. The summed E-state index contributed by atoms with van der Waals surface area (Å²) in [6, 6.07) is 18.6. The first kappa shape index (κ1) is 20.1. The van der Waals surface area contributed by atoms with Crippen molar-refractivity contribution in [2.24, 2.45) is 5.41 Å². The van der Waals surface area contributed by atoms with Crippen LogP contribution >= 0.6 is 0 Å². The van der Waals surface area contributed by atoms with E-state index in [1.54, 1.807) is 4.90 Å². The summed E-state index contributed by atoms with van der Waals surface area (Å²) in [4.78, 5) is 29.3. The first-order valence-electron chi connectivity index (χ1n) is 10.1. The van der Waals surface area contributed by atoms with Crippen molar-refractivity contribution in [2.45, 2.75) is 32.6 Å². The van der Waals surface area contributed by atoms with Crippen molar-refractivity contribution in [2.75, 3.05) is 27.2 Å². The van der Waals surface area contributed by atoms with Crippen molar-refractivity contribution in [3.63, 3.8) is 0 Å². The average Bonchev–Trinajstić information content (AvgIpc) is 3.14. The smallest absolute Gasteiger partial charge is 0.230 e. The fourth-order valence-corrected chi connectivity index (χ4v) is 4.26. The van der Waals surface area contributed by atoms with Crippen LogP contribution in [0.25, 0.3) is 11.1 Å². The SMILES string of the molecule is CCCC(=O)N1CC[C@](Cc2ccccc2-c2ccccc2)(C(=O)N(C)C)C1. The number of carbonyl (C=O) groups excluding carboxylic acids is 2. The molecule has 1 saturated heterocycles. The molecular formula is C24H30N2O2. The lowest BCUT2D eigenvalue weighted by Gasteiger charge is -2.32. The van der Waals surface area contributed by atoms with Crippen molar-refractivity contribution in [3.05, 3.63) is 60.2 Å². The lowest BCUT2D eigenvalue weighted by Crippen LogP contribution is -2.44. The van der Waals surface area contributed by atoms with Crippen molar-refractivity contribution in [1.82, 2.24) is 9.80 Å². The van der Waals surface area contributed by atoms with Crippen LogP contribution in [0.3, 0.4) is 0 Å². The van der Waals surface area contributed by atoms with E-state index in [1.165, 1.54) is 0 Å². The van der Waals surface area contributed by atoms with Crippen LogP contribution in [0.2, 0.25) is 0 Å². The summed E-state index contributed by atoms with van der Waals surface area (Å²) in [5, 5.41) is 0. The molecule has 0 aliphatic carbocycles. The van der Waals surface area contributed by atoms with E-state index in [0.29, 0.717) is 32.4 Å². The highest BCUT2D eigenvalue weighted by atomic mass is 16.2. The molecule has 2 aromatic carbocycles. The molecule has 2 amide bonds. The second-order valence-corrected chi connectivity index (χ2v) is 8.00. The number of hydrogen-bond donors (Lipinski definition) is 0. The number of hydrogen-bond acceptors (Lipinski definition) is 2. The standard InChI is InChI=1S/C24H30N2O2/c1-4-10-22(27)26-16-15-24(18-26,23(28)25(2)3)17-20-13-8-9-14-21(20)19-11-6-5-7-12-19/h5-9,11-14H,4,10,15-18H2,1-3H3/t24-/m1/s1. The zero-order valence-corrected chi connectivity index (χ0v) is 17.1. The van der Waals surface area contributed by atoms with Crippen molar-refractivity contribution in [3.8, 4) is 11.1 Å². The van der Waals surface area contributed by atoms with Crippen LogP contribution < -0.4 is 0 Å². The van der Waals surface area contributed by atoms with Gasteiger partial charge in [-0.25, -0.2) is 0 Å². The number of likely N-dealkylation sites (tertiary alicyclic amines) is 1. The largest absolute Gasteiger partial charge is 0.348 e. The van der Waals surface area contributed by atoms with E-state index in [2.05, 4.69) is 24.3 Å². The molecule has 1 atom stereocenters. The molecule has 0 spiro atoms. The molecule has 4 heteroatoms. The van der Waals surface area contributed by atoms with Crippen molar-refractivity contribution >= 4 is 11.8 Å². The van der Waals surface area contributed by atoms with Crippen LogP contribution in [-0.2, 0) is 16.0 Å². The zero-order valence-electron chi connectivity index (χ0n) is 17.1. The summed E-state index contributed by atoms with van der Waals surface area (Å²) in [5.41, 5.74) is 2.92. The van der Waals surface area contributed by atoms with Gasteiger partial charge in [0.05, 0.1) is 5.41 Å². The number of amides is 2. The minimum absolute atomic E-state index is 0.113. The predicted octanol–water partition coefficient (Wildman–Crippen LogP) is 4.00. The molecule has 4 nitrogen and oxygen atoms in total. The molecule has 0 radical (unpaired) electrons. The van der Waals surface area contributed by atoms with Gasteiger partial charge < -0.3 is 9.80 Å². The molecule has 1 aliphatic heterocycles. The average molecular weight is 379 g/mol. The number of benzene rings is 2. The molecule has 0 saturated carbocycles. The summed E-state index contributed by atoms with van der Waals surface area (Å²) >= 11 is 0. The Labute approximate surface area is 168 Å². The van der Waals surface area contributed by atoms with Gasteiger partial charge in [0, 0.05) is 33.6 Å². The van der Waals surface area contributed by atoms with E-state index in [-0.39, 0.29) is 11.8 Å². The van der Waals surface area contributed by atoms with Gasteiger partial charge in [-0.05, 0) is 36.0 Å². The fourth-order valence-electron chi connectivity index (χ4n) is 4.26. The third-order valence-electron chi connectivity index (χ3n) is 5.66. The Balaban J connectivity index is 1.95. The Morgan fingerprint density at radius 1 is 1.04 bits per heavy atom. The molecule has 28 heavy (non-hydrogen) atoms. The second kappa shape index (κ2) is 8.59. The fraction of sp³-hybridized carbons (Fsp3) is 0.417. The van der Waals surface area contributed by atoms with E-state index in [9.17, 15) is 9.59 Å². The van der Waals surface area contributed by atoms with Crippen molar-refractivity contribution < 1.29 is 9.59 Å². The van der Waals surface area contributed by atoms with Gasteiger partial charge in [0.2, 0.25) is 11.8 Å². The highest BCUT2D eigenvalue weighted by Gasteiger charge is 2.46. The van der Waals surface area contributed by atoms with Gasteiger partial charge in [-0.3, -0.25) is 9.59 Å². The van der Waals surface area contributed by atoms with Crippen LogP contribution in [-0.4, -0.2) is 48.8 Å². The molecule has 0 unspecified atom stereocenters. The van der Waals surface area contributed by atoms with Gasteiger partial charge in [0.15, 0.2) is 0 Å². The van der Waals surface area contributed by atoms with Gasteiger partial charge in [-0.15, -0.1) is 0 Å². The summed E-state index contributed by atoms with van der Waals surface area (Å²) in [6.07, 6.45) is 2.74. The molecule has 2 aromatic rings. The minimum atomic E-state index is -0.558. The van der Waals surface area contributed by atoms with Gasteiger partial charge in [0.1, 0.15) is 0 Å². The Bertz CT molecular complexity index is 832. The van der Waals surface area contributed by atoms with Crippen LogP contribution in [0.5, 0.6) is 0 Å². The molecule has 148 valence electrons. The Kier molecular flexibility index (Phi) is 6.18. The number of carbonyl (C=O) groups is 2. The summed E-state index contributed by atoms with van der Waals surface area (Å²) in [6.45, 7) is 3.18. The van der Waals surface area contributed by atoms with E-state index in [1.807, 2.05) is 56.3 Å². The van der Waals surface area contributed by atoms with Crippen LogP contribution in [0.1, 0.15) is 31.7 Å². The predicted molar refractivity (Wildman–Crippen MR) is 113 cm³/mol. The van der Waals surface area contributed by atoms with Gasteiger partial charge >= 0.3 is 0 Å². The maximum absolute atomic E-state index is 13.2. The van der Waals surface area contributed by atoms with Gasteiger partial charge in [-0.1, -0.05) is 61.5 Å². The van der Waals surface area contributed by atoms with E-state index in [0.717, 1.165) is 23.1 Å². The van der Waals surface area contributed by atoms with Crippen LogP contribution in [0.15, 0.2) is 54.6 Å². The third-order valence-corrected chi connectivity index (χ3v) is 5.66.